The van der Waals surface area contributed by atoms with Crippen molar-refractivity contribution in [2.24, 2.45) is 17.3 Å². The molecule has 0 saturated heterocycles. The number of rotatable bonds is 6. The molecule has 114 valence electrons. The summed E-state index contributed by atoms with van der Waals surface area (Å²) in [5, 5.41) is 0. The largest absolute Gasteiger partial charge is 0.460 e. The molecule has 0 radical (unpaired) electrons. The van der Waals surface area contributed by atoms with Gasteiger partial charge in [0.1, 0.15) is 5.60 Å². The lowest BCUT2D eigenvalue weighted by atomic mass is 9.81. The van der Waals surface area contributed by atoms with E-state index < -0.39 is 0 Å². The summed E-state index contributed by atoms with van der Waals surface area (Å²) in [5.41, 5.74) is 0.0319. The molecule has 2 unspecified atom stereocenters. The fourth-order valence-corrected chi connectivity index (χ4v) is 2.69. The number of carbonyl (C=O) groups excluding carboxylic acids is 1. The minimum absolute atomic E-state index is 0.0668. The number of hydrogen-bond acceptors (Lipinski definition) is 2. The molecule has 0 aliphatic carbocycles. The molecule has 0 aromatic heterocycles. The average Bonchev–Trinajstić information content (AvgIpc) is 2.08. The lowest BCUT2D eigenvalue weighted by Gasteiger charge is -2.25. The van der Waals surface area contributed by atoms with Gasteiger partial charge in [0.25, 0.3) is 0 Å². The van der Waals surface area contributed by atoms with E-state index in [2.05, 4.69) is 34.6 Å². The van der Waals surface area contributed by atoms with E-state index in [1.54, 1.807) is 0 Å². The van der Waals surface area contributed by atoms with Crippen molar-refractivity contribution >= 4 is 5.97 Å². The first-order chi connectivity index (χ1) is 8.39. The summed E-state index contributed by atoms with van der Waals surface area (Å²) >= 11 is 0. The van der Waals surface area contributed by atoms with E-state index >= 15 is 0 Å². The highest BCUT2D eigenvalue weighted by molar-refractivity contribution is 5.69. The second kappa shape index (κ2) is 7.31. The predicted octanol–water partition coefficient (Wildman–Crippen LogP) is 5.21. The summed E-state index contributed by atoms with van der Waals surface area (Å²) in [6, 6.07) is 0. The maximum Gasteiger partial charge on any atom is 0.306 e. The molecule has 0 aromatic carbocycles. The van der Waals surface area contributed by atoms with Crippen molar-refractivity contribution < 1.29 is 9.53 Å². The Morgan fingerprint density at radius 3 is 1.95 bits per heavy atom. The molecule has 0 saturated carbocycles. The molecule has 0 rings (SSSR count). The SMILES string of the molecule is CC(CCC(=O)OC(C)(C)C)CC(C)CC(C)(C)C. The van der Waals surface area contributed by atoms with Crippen molar-refractivity contribution in [2.75, 3.05) is 0 Å². The molecule has 0 amide bonds. The zero-order valence-corrected chi connectivity index (χ0v) is 14.3. The van der Waals surface area contributed by atoms with Gasteiger partial charge in [-0.25, -0.2) is 0 Å². The van der Waals surface area contributed by atoms with Gasteiger partial charge in [-0.3, -0.25) is 4.79 Å². The monoisotopic (exact) mass is 270 g/mol. The highest BCUT2D eigenvalue weighted by atomic mass is 16.6. The van der Waals surface area contributed by atoms with Gasteiger partial charge in [0.2, 0.25) is 0 Å². The van der Waals surface area contributed by atoms with Crippen LogP contribution in [-0.2, 0) is 9.53 Å². The van der Waals surface area contributed by atoms with Crippen LogP contribution in [0, 0.1) is 17.3 Å². The first-order valence-electron chi connectivity index (χ1n) is 7.61. The van der Waals surface area contributed by atoms with Gasteiger partial charge in [0.15, 0.2) is 0 Å². The number of hydrogen-bond donors (Lipinski definition) is 0. The third kappa shape index (κ3) is 12.3. The third-order valence-electron chi connectivity index (χ3n) is 3.03. The van der Waals surface area contributed by atoms with Gasteiger partial charge in [-0.2, -0.15) is 0 Å². The summed E-state index contributed by atoms with van der Waals surface area (Å²) in [7, 11) is 0. The fraction of sp³-hybridized carbons (Fsp3) is 0.941. The minimum atomic E-state index is -0.361. The van der Waals surface area contributed by atoms with Gasteiger partial charge in [0, 0.05) is 6.42 Å². The predicted molar refractivity (Wildman–Crippen MR) is 82.1 cm³/mol. The van der Waals surface area contributed by atoms with Crippen LogP contribution in [0.15, 0.2) is 0 Å². The Morgan fingerprint density at radius 1 is 1.00 bits per heavy atom. The van der Waals surface area contributed by atoms with Crippen molar-refractivity contribution in [3.63, 3.8) is 0 Å². The molecule has 0 fully saturated rings. The molecular weight excluding hydrogens is 236 g/mol. The van der Waals surface area contributed by atoms with E-state index in [0.29, 0.717) is 23.7 Å². The van der Waals surface area contributed by atoms with Crippen molar-refractivity contribution in [3.8, 4) is 0 Å². The summed E-state index contributed by atoms with van der Waals surface area (Å²) in [6.07, 6.45) is 3.91. The zero-order valence-electron chi connectivity index (χ0n) is 14.3. The van der Waals surface area contributed by atoms with Crippen LogP contribution in [0.2, 0.25) is 0 Å². The molecule has 2 heteroatoms. The van der Waals surface area contributed by atoms with E-state index in [4.69, 9.17) is 4.74 Å². The lowest BCUT2D eigenvalue weighted by molar-refractivity contribution is -0.155. The number of esters is 1. The van der Waals surface area contributed by atoms with Crippen LogP contribution in [0.3, 0.4) is 0 Å². The molecule has 0 spiro atoms. The first kappa shape index (κ1) is 18.5. The van der Waals surface area contributed by atoms with Gasteiger partial charge in [-0.05, 0) is 57.3 Å². The summed E-state index contributed by atoms with van der Waals surface area (Å²) in [4.78, 5) is 11.7. The van der Waals surface area contributed by atoms with E-state index in [1.165, 1.54) is 12.8 Å². The van der Waals surface area contributed by atoms with Gasteiger partial charge in [-0.15, -0.1) is 0 Å². The van der Waals surface area contributed by atoms with Crippen molar-refractivity contribution in [1.82, 2.24) is 0 Å². The van der Waals surface area contributed by atoms with E-state index in [9.17, 15) is 4.79 Å². The van der Waals surface area contributed by atoms with Crippen LogP contribution in [0.25, 0.3) is 0 Å². The maximum atomic E-state index is 11.7. The third-order valence-corrected chi connectivity index (χ3v) is 3.03. The highest BCUT2D eigenvalue weighted by Gasteiger charge is 2.19. The van der Waals surface area contributed by atoms with Gasteiger partial charge in [0.05, 0.1) is 0 Å². The molecule has 0 aromatic rings. The summed E-state index contributed by atoms with van der Waals surface area (Å²) < 4.78 is 5.33. The lowest BCUT2D eigenvalue weighted by Crippen LogP contribution is -2.24. The smallest absolute Gasteiger partial charge is 0.306 e. The molecule has 2 atom stereocenters. The Morgan fingerprint density at radius 2 is 1.53 bits per heavy atom. The van der Waals surface area contributed by atoms with Crippen LogP contribution >= 0.6 is 0 Å². The highest BCUT2D eigenvalue weighted by Crippen LogP contribution is 2.29. The summed E-state index contributed by atoms with van der Waals surface area (Å²) in [6.45, 7) is 17.2. The molecule has 0 aliphatic heterocycles. The standard InChI is InChI=1S/C17H34O2/c1-13(11-14(2)12-16(3,4)5)9-10-15(18)19-17(6,7)8/h13-14H,9-12H2,1-8H3. The zero-order chi connectivity index (χ0) is 15.3. The molecule has 0 heterocycles. The number of ether oxygens (including phenoxy) is 1. The van der Waals surface area contributed by atoms with Crippen molar-refractivity contribution in [3.05, 3.63) is 0 Å². The van der Waals surface area contributed by atoms with Crippen LogP contribution in [0.4, 0.5) is 0 Å². The minimum Gasteiger partial charge on any atom is -0.460 e. The molecule has 0 aliphatic rings. The van der Waals surface area contributed by atoms with E-state index in [-0.39, 0.29) is 11.6 Å². The van der Waals surface area contributed by atoms with Crippen LogP contribution in [0.5, 0.6) is 0 Å². The van der Waals surface area contributed by atoms with E-state index in [1.807, 2.05) is 20.8 Å². The van der Waals surface area contributed by atoms with Gasteiger partial charge >= 0.3 is 5.97 Å². The van der Waals surface area contributed by atoms with Gasteiger partial charge < -0.3 is 4.74 Å². The Balaban J connectivity index is 3.93. The van der Waals surface area contributed by atoms with Crippen LogP contribution in [-0.4, -0.2) is 11.6 Å². The Bertz CT molecular complexity index is 268. The fourth-order valence-electron chi connectivity index (χ4n) is 2.69. The van der Waals surface area contributed by atoms with E-state index in [0.717, 1.165) is 6.42 Å². The summed E-state index contributed by atoms with van der Waals surface area (Å²) in [5.74, 6) is 1.24. The van der Waals surface area contributed by atoms with Crippen LogP contribution in [0.1, 0.15) is 81.1 Å². The second-order valence-electron chi connectivity index (χ2n) is 8.34. The Labute approximate surface area is 120 Å². The Hall–Kier alpha value is -0.530. The first-order valence-corrected chi connectivity index (χ1v) is 7.61. The molecule has 0 N–H and O–H groups in total. The van der Waals surface area contributed by atoms with Crippen LogP contribution < -0.4 is 0 Å². The van der Waals surface area contributed by atoms with Crippen molar-refractivity contribution in [1.29, 1.82) is 0 Å². The molecular formula is C17H34O2. The topological polar surface area (TPSA) is 26.3 Å². The van der Waals surface area contributed by atoms with Gasteiger partial charge in [-0.1, -0.05) is 34.6 Å². The quantitative estimate of drug-likeness (QED) is 0.619. The number of carbonyl (C=O) groups is 1. The van der Waals surface area contributed by atoms with Crippen molar-refractivity contribution in [2.45, 2.75) is 86.7 Å². The normalized spacial score (nSPS) is 16.0. The maximum absolute atomic E-state index is 11.7. The molecule has 0 bridgehead atoms. The molecule has 19 heavy (non-hydrogen) atoms. The molecule has 2 nitrogen and oxygen atoms in total. The second-order valence-corrected chi connectivity index (χ2v) is 8.34. The Kier molecular flexibility index (Phi) is 7.10. The average molecular weight is 270 g/mol.